The highest BCUT2D eigenvalue weighted by Crippen LogP contribution is 2.40. The second-order valence-electron chi connectivity index (χ2n) is 11.3. The molecule has 11 heteroatoms. The number of thiazole rings is 1. The van der Waals surface area contributed by atoms with Gasteiger partial charge in [-0.25, -0.2) is 13.8 Å². The third-order valence-electron chi connectivity index (χ3n) is 7.20. The summed E-state index contributed by atoms with van der Waals surface area (Å²) in [7, 11) is 0. The van der Waals surface area contributed by atoms with E-state index in [0.29, 0.717) is 0 Å². The lowest BCUT2D eigenvalue weighted by molar-refractivity contribution is -0.145. The zero-order chi connectivity index (χ0) is 28.0. The van der Waals surface area contributed by atoms with E-state index >= 15 is 4.39 Å². The van der Waals surface area contributed by atoms with Crippen LogP contribution >= 0.6 is 11.3 Å². The molecule has 1 saturated carbocycles. The van der Waals surface area contributed by atoms with Gasteiger partial charge in [-0.2, -0.15) is 0 Å². The van der Waals surface area contributed by atoms with Gasteiger partial charge in [-0.3, -0.25) is 14.4 Å². The Labute approximate surface area is 224 Å². The summed E-state index contributed by atoms with van der Waals surface area (Å²) in [5.41, 5.74) is 1.60. The van der Waals surface area contributed by atoms with E-state index in [1.54, 1.807) is 33.2 Å². The van der Waals surface area contributed by atoms with E-state index in [1.807, 2.05) is 31.2 Å². The lowest BCUT2D eigenvalue weighted by Gasteiger charge is -2.36. The number of nitrogens with zero attached hydrogens (tertiary/aromatic N) is 2. The summed E-state index contributed by atoms with van der Waals surface area (Å²) in [6, 6.07) is 4.22. The minimum atomic E-state index is -2.02. The number of aromatic nitrogens is 1. The second kappa shape index (κ2) is 10.3. The van der Waals surface area contributed by atoms with Crippen molar-refractivity contribution in [2.24, 2.45) is 5.41 Å². The SMILES string of the molecule is Cc1ncsc1-c1ccc([C@H](C)NC(=O)[C@@H]2[C@@H](F)[C@@H](O)CN2C(=O)[C@@H](NC(=O)C2(F)CC2)C(C)(C)C)cc1. The topological polar surface area (TPSA) is 112 Å². The first-order valence-electron chi connectivity index (χ1n) is 12.7. The molecule has 38 heavy (non-hydrogen) atoms. The average molecular weight is 549 g/mol. The Morgan fingerprint density at radius 1 is 1.18 bits per heavy atom. The molecule has 1 aromatic heterocycles. The van der Waals surface area contributed by atoms with Crippen LogP contribution in [0, 0.1) is 12.3 Å². The monoisotopic (exact) mass is 548 g/mol. The summed E-state index contributed by atoms with van der Waals surface area (Å²) in [5.74, 6) is -2.40. The molecule has 0 spiro atoms. The number of aliphatic hydroxyl groups is 1. The summed E-state index contributed by atoms with van der Waals surface area (Å²) in [4.78, 5) is 45.5. The molecule has 3 N–H and O–H groups in total. The molecule has 2 aliphatic rings. The zero-order valence-electron chi connectivity index (χ0n) is 22.1. The molecule has 0 radical (unpaired) electrons. The normalized spacial score (nSPS) is 24.0. The molecule has 5 atom stereocenters. The molecule has 206 valence electrons. The number of nitrogens with one attached hydrogen (secondary N) is 2. The highest BCUT2D eigenvalue weighted by molar-refractivity contribution is 7.13. The molecule has 1 aliphatic carbocycles. The summed E-state index contributed by atoms with van der Waals surface area (Å²) in [5, 5.41) is 15.5. The van der Waals surface area contributed by atoms with Crippen molar-refractivity contribution in [3.05, 3.63) is 41.0 Å². The van der Waals surface area contributed by atoms with Crippen molar-refractivity contribution in [2.75, 3.05) is 6.54 Å². The minimum Gasteiger partial charge on any atom is -0.388 e. The molecular weight excluding hydrogens is 514 g/mol. The molecule has 8 nitrogen and oxygen atoms in total. The molecule has 1 saturated heterocycles. The number of alkyl halides is 2. The molecule has 3 amide bonds. The van der Waals surface area contributed by atoms with Crippen molar-refractivity contribution >= 4 is 29.1 Å². The number of carbonyl (C=O) groups is 3. The van der Waals surface area contributed by atoms with Crippen LogP contribution in [0.15, 0.2) is 29.8 Å². The molecule has 4 rings (SSSR count). The van der Waals surface area contributed by atoms with Crippen LogP contribution in [0.2, 0.25) is 0 Å². The smallest absolute Gasteiger partial charge is 0.258 e. The van der Waals surface area contributed by atoms with Gasteiger partial charge in [-0.15, -0.1) is 11.3 Å². The van der Waals surface area contributed by atoms with E-state index in [9.17, 15) is 23.9 Å². The minimum absolute atomic E-state index is 0.0760. The molecule has 2 aromatic rings. The van der Waals surface area contributed by atoms with Gasteiger partial charge in [0, 0.05) is 0 Å². The summed E-state index contributed by atoms with van der Waals surface area (Å²) >= 11 is 1.53. The second-order valence-corrected chi connectivity index (χ2v) is 12.2. The Hall–Kier alpha value is -2.92. The Balaban J connectivity index is 1.49. The van der Waals surface area contributed by atoms with Crippen LogP contribution in [0.4, 0.5) is 8.78 Å². The predicted molar refractivity (Wildman–Crippen MR) is 140 cm³/mol. The molecule has 2 fully saturated rings. The molecular formula is C27H34F2N4O4S. The van der Waals surface area contributed by atoms with E-state index in [-0.39, 0.29) is 12.8 Å². The van der Waals surface area contributed by atoms with Crippen molar-refractivity contribution in [3.63, 3.8) is 0 Å². The highest BCUT2D eigenvalue weighted by atomic mass is 32.1. The number of aliphatic hydroxyl groups excluding tert-OH is 1. The van der Waals surface area contributed by atoms with Crippen molar-refractivity contribution in [3.8, 4) is 10.4 Å². The summed E-state index contributed by atoms with van der Waals surface area (Å²) in [6.07, 6.45) is -3.44. The maximum atomic E-state index is 15.1. The van der Waals surface area contributed by atoms with Crippen molar-refractivity contribution in [1.29, 1.82) is 0 Å². The number of hydrogen-bond acceptors (Lipinski definition) is 6. The van der Waals surface area contributed by atoms with Crippen LogP contribution in [-0.4, -0.2) is 69.3 Å². The highest BCUT2D eigenvalue weighted by Gasteiger charge is 2.54. The Bertz CT molecular complexity index is 1210. The van der Waals surface area contributed by atoms with Gasteiger partial charge in [-0.05, 0) is 43.2 Å². The number of amides is 3. The van der Waals surface area contributed by atoms with Gasteiger partial charge in [0.2, 0.25) is 11.8 Å². The fourth-order valence-corrected chi connectivity index (χ4v) is 5.42. The lowest BCUT2D eigenvalue weighted by Crippen LogP contribution is -2.59. The molecule has 0 unspecified atom stereocenters. The van der Waals surface area contributed by atoms with Gasteiger partial charge in [-0.1, -0.05) is 45.0 Å². The first-order valence-corrected chi connectivity index (χ1v) is 13.5. The van der Waals surface area contributed by atoms with Gasteiger partial charge in [0.15, 0.2) is 11.8 Å². The molecule has 1 aromatic carbocycles. The largest absolute Gasteiger partial charge is 0.388 e. The number of carbonyl (C=O) groups excluding carboxylic acids is 3. The van der Waals surface area contributed by atoms with Gasteiger partial charge >= 0.3 is 0 Å². The lowest BCUT2D eigenvalue weighted by atomic mass is 9.85. The number of β-amino-alcohol motifs (C(OH)–C–C–N with tert-alkyl or cyclic N) is 1. The standard InChI is InChI=1S/C27H34F2N4O4S/c1-14(16-6-8-17(9-7-16)21-15(2)30-13-38-21)31-23(35)20-19(28)18(34)12-33(20)24(36)22(26(3,4)5)32-25(37)27(29)10-11-27/h6-9,13-14,18-20,22,34H,10-12H2,1-5H3,(H,31,35)(H,32,37)/t14-,18-,19-,20-,22+/m0/s1. The van der Waals surface area contributed by atoms with Crippen molar-refractivity contribution in [1.82, 2.24) is 20.5 Å². The Kier molecular flexibility index (Phi) is 7.64. The maximum Gasteiger partial charge on any atom is 0.258 e. The van der Waals surface area contributed by atoms with Crippen LogP contribution in [-0.2, 0) is 14.4 Å². The van der Waals surface area contributed by atoms with Crippen molar-refractivity contribution < 1.29 is 28.3 Å². The van der Waals surface area contributed by atoms with E-state index < -0.39 is 65.8 Å². The van der Waals surface area contributed by atoms with E-state index in [4.69, 9.17) is 0 Å². The zero-order valence-corrected chi connectivity index (χ0v) is 22.9. The maximum absolute atomic E-state index is 15.1. The Morgan fingerprint density at radius 3 is 2.34 bits per heavy atom. The van der Waals surface area contributed by atoms with Gasteiger partial charge in [0.1, 0.15) is 18.2 Å². The number of benzene rings is 1. The first kappa shape index (κ1) is 28.1. The number of hydrogen-bond donors (Lipinski definition) is 3. The van der Waals surface area contributed by atoms with Crippen LogP contribution < -0.4 is 10.6 Å². The molecule has 1 aliphatic heterocycles. The number of halogens is 2. The van der Waals surface area contributed by atoms with Crippen LogP contribution in [0.1, 0.15) is 57.8 Å². The predicted octanol–water partition coefficient (Wildman–Crippen LogP) is 3.24. The van der Waals surface area contributed by atoms with E-state index in [1.165, 1.54) is 11.3 Å². The van der Waals surface area contributed by atoms with Crippen molar-refractivity contribution in [2.45, 2.75) is 83.5 Å². The van der Waals surface area contributed by atoms with Gasteiger partial charge in [0.05, 0.1) is 28.7 Å². The molecule has 2 heterocycles. The average Bonchev–Trinajstić information content (AvgIpc) is 3.34. The summed E-state index contributed by atoms with van der Waals surface area (Å²) < 4.78 is 29.4. The quantitative estimate of drug-likeness (QED) is 0.492. The van der Waals surface area contributed by atoms with Gasteiger partial charge < -0.3 is 20.6 Å². The number of aryl methyl sites for hydroxylation is 1. The molecule has 0 bridgehead atoms. The fraction of sp³-hybridized carbons (Fsp3) is 0.556. The first-order chi connectivity index (χ1) is 17.7. The van der Waals surface area contributed by atoms with Crippen LogP contribution in [0.25, 0.3) is 10.4 Å². The number of likely N-dealkylation sites (tertiary alicyclic amines) is 1. The summed E-state index contributed by atoms with van der Waals surface area (Å²) in [6.45, 7) is 8.30. The van der Waals surface area contributed by atoms with E-state index in [2.05, 4.69) is 15.6 Å². The van der Waals surface area contributed by atoms with Gasteiger partial charge in [0.25, 0.3) is 5.91 Å². The number of rotatable bonds is 7. The Morgan fingerprint density at radius 2 is 1.82 bits per heavy atom. The van der Waals surface area contributed by atoms with E-state index in [0.717, 1.165) is 26.6 Å². The van der Waals surface area contributed by atoms with Crippen LogP contribution in [0.5, 0.6) is 0 Å². The third-order valence-corrected chi connectivity index (χ3v) is 8.18. The van der Waals surface area contributed by atoms with Crippen LogP contribution in [0.3, 0.4) is 0 Å². The fourth-order valence-electron chi connectivity index (χ4n) is 4.61. The third kappa shape index (κ3) is 5.58.